The molecule has 0 saturated carbocycles. The molecule has 3 aromatic carbocycles. The fourth-order valence-corrected chi connectivity index (χ4v) is 3.17. The molecule has 1 aromatic heterocycles. The van der Waals surface area contributed by atoms with Gasteiger partial charge in [-0.2, -0.15) is 5.10 Å². The average molecular weight is 335 g/mol. The Morgan fingerprint density at radius 3 is 2.38 bits per heavy atom. The summed E-state index contributed by atoms with van der Waals surface area (Å²) in [5.74, 6) is 0.241. The highest BCUT2D eigenvalue weighted by Gasteiger charge is 2.15. The highest BCUT2D eigenvalue weighted by Crippen LogP contribution is 2.33. The van der Waals surface area contributed by atoms with Crippen LogP contribution in [0.4, 0.5) is 0 Å². The number of phenolic OH excluding ortho intramolecular Hbond substituents is 1. The Morgan fingerprint density at radius 2 is 1.62 bits per heavy atom. The number of hydrogen-bond donors (Lipinski definition) is 1. The number of fused-ring (bicyclic) bond motifs is 1. The molecule has 0 bridgehead atoms. The summed E-state index contributed by atoms with van der Waals surface area (Å²) in [6, 6.07) is 23.1. The van der Waals surface area contributed by atoms with Crippen LogP contribution in [0.5, 0.6) is 5.75 Å². The number of aromatic hydroxyl groups is 1. The van der Waals surface area contributed by atoms with Gasteiger partial charge in [0, 0.05) is 10.9 Å². The highest BCUT2D eigenvalue weighted by atomic mass is 35.5. The molecule has 0 aliphatic rings. The monoisotopic (exact) mass is 334 g/mol. The Morgan fingerprint density at radius 1 is 0.875 bits per heavy atom. The van der Waals surface area contributed by atoms with E-state index in [9.17, 15) is 5.11 Å². The van der Waals surface area contributed by atoms with Gasteiger partial charge in [0.1, 0.15) is 11.4 Å². The van der Waals surface area contributed by atoms with Crippen LogP contribution in [0.25, 0.3) is 22.2 Å². The lowest BCUT2D eigenvalue weighted by Crippen LogP contribution is -2.01. The molecule has 4 heteroatoms. The topological polar surface area (TPSA) is 38.1 Å². The van der Waals surface area contributed by atoms with Gasteiger partial charge in [0.2, 0.25) is 0 Å². The maximum Gasteiger partial charge on any atom is 0.115 e. The summed E-state index contributed by atoms with van der Waals surface area (Å²) in [5, 5.41) is 16.0. The average Bonchev–Trinajstić information content (AvgIpc) is 2.96. The quantitative estimate of drug-likeness (QED) is 0.565. The van der Waals surface area contributed by atoms with Crippen LogP contribution >= 0.6 is 11.6 Å². The van der Waals surface area contributed by atoms with Crippen LogP contribution in [0.15, 0.2) is 72.8 Å². The van der Waals surface area contributed by atoms with Crippen molar-refractivity contribution in [2.45, 2.75) is 6.54 Å². The van der Waals surface area contributed by atoms with Gasteiger partial charge < -0.3 is 5.11 Å². The van der Waals surface area contributed by atoms with E-state index in [1.54, 1.807) is 12.1 Å². The Bertz CT molecular complexity index is 992. The summed E-state index contributed by atoms with van der Waals surface area (Å²) in [5.41, 5.74) is 3.90. The Kier molecular flexibility index (Phi) is 3.71. The zero-order valence-corrected chi connectivity index (χ0v) is 13.6. The lowest BCUT2D eigenvalue weighted by molar-refractivity contribution is 0.475. The van der Waals surface area contributed by atoms with Crippen molar-refractivity contribution in [3.8, 4) is 17.0 Å². The minimum absolute atomic E-state index is 0.241. The van der Waals surface area contributed by atoms with Crippen molar-refractivity contribution >= 4 is 22.5 Å². The van der Waals surface area contributed by atoms with E-state index < -0.39 is 0 Å². The number of aromatic nitrogens is 2. The van der Waals surface area contributed by atoms with Crippen molar-refractivity contribution in [1.82, 2.24) is 9.78 Å². The van der Waals surface area contributed by atoms with Crippen molar-refractivity contribution in [2.75, 3.05) is 0 Å². The molecule has 0 fully saturated rings. The van der Waals surface area contributed by atoms with E-state index in [2.05, 4.69) is 12.1 Å². The standard InChI is InChI=1S/C20H15ClN2O/c21-18-8-4-7-17-19(15-9-11-16(24)12-10-15)22-23(20(17)18)13-14-5-2-1-3-6-14/h1-12,24H,13H2. The molecule has 0 aliphatic heterocycles. The lowest BCUT2D eigenvalue weighted by Gasteiger charge is -2.04. The van der Waals surface area contributed by atoms with E-state index in [1.807, 2.05) is 53.2 Å². The number of nitrogens with zero attached hydrogens (tertiary/aromatic N) is 2. The molecule has 0 unspecified atom stereocenters. The van der Waals surface area contributed by atoms with Gasteiger partial charge >= 0.3 is 0 Å². The molecule has 4 aromatic rings. The molecule has 0 radical (unpaired) electrons. The van der Waals surface area contributed by atoms with Crippen LogP contribution < -0.4 is 0 Å². The second-order valence-electron chi connectivity index (χ2n) is 5.67. The minimum atomic E-state index is 0.241. The predicted molar refractivity (Wildman–Crippen MR) is 97.4 cm³/mol. The fourth-order valence-electron chi connectivity index (χ4n) is 2.90. The van der Waals surface area contributed by atoms with Crippen LogP contribution in [-0.4, -0.2) is 14.9 Å². The van der Waals surface area contributed by atoms with E-state index in [-0.39, 0.29) is 5.75 Å². The summed E-state index contributed by atoms with van der Waals surface area (Å²) < 4.78 is 1.94. The van der Waals surface area contributed by atoms with Crippen molar-refractivity contribution in [3.05, 3.63) is 83.4 Å². The van der Waals surface area contributed by atoms with Gasteiger partial charge in [-0.25, -0.2) is 0 Å². The SMILES string of the molecule is Oc1ccc(-c2nn(Cc3ccccc3)c3c(Cl)cccc23)cc1. The summed E-state index contributed by atoms with van der Waals surface area (Å²) in [6.07, 6.45) is 0. The van der Waals surface area contributed by atoms with Gasteiger partial charge in [-0.1, -0.05) is 54.1 Å². The summed E-state index contributed by atoms with van der Waals surface area (Å²) in [7, 11) is 0. The van der Waals surface area contributed by atoms with Crippen LogP contribution in [0, 0.1) is 0 Å². The van der Waals surface area contributed by atoms with Crippen LogP contribution in [0.1, 0.15) is 5.56 Å². The lowest BCUT2D eigenvalue weighted by atomic mass is 10.1. The normalized spacial score (nSPS) is 11.0. The van der Waals surface area contributed by atoms with Crippen molar-refractivity contribution < 1.29 is 5.11 Å². The minimum Gasteiger partial charge on any atom is -0.508 e. The Balaban J connectivity index is 1.89. The number of halogens is 1. The molecule has 3 nitrogen and oxygen atoms in total. The maximum absolute atomic E-state index is 9.51. The van der Waals surface area contributed by atoms with Crippen LogP contribution in [0.2, 0.25) is 5.02 Å². The molecular weight excluding hydrogens is 320 g/mol. The number of benzene rings is 3. The third-order valence-corrected chi connectivity index (χ3v) is 4.34. The third-order valence-electron chi connectivity index (χ3n) is 4.04. The zero-order chi connectivity index (χ0) is 16.5. The van der Waals surface area contributed by atoms with Crippen LogP contribution in [-0.2, 0) is 6.54 Å². The van der Waals surface area contributed by atoms with Gasteiger partial charge in [-0.15, -0.1) is 0 Å². The smallest absolute Gasteiger partial charge is 0.115 e. The summed E-state index contributed by atoms with van der Waals surface area (Å²) in [4.78, 5) is 0. The van der Waals surface area contributed by atoms with Crippen molar-refractivity contribution in [1.29, 1.82) is 0 Å². The van der Waals surface area contributed by atoms with Gasteiger partial charge in [-0.3, -0.25) is 4.68 Å². The van der Waals surface area contributed by atoms with E-state index >= 15 is 0 Å². The number of rotatable bonds is 3. The third kappa shape index (κ3) is 2.63. The van der Waals surface area contributed by atoms with Gasteiger partial charge in [0.15, 0.2) is 0 Å². The van der Waals surface area contributed by atoms with E-state index in [4.69, 9.17) is 16.7 Å². The van der Waals surface area contributed by atoms with Gasteiger partial charge in [0.05, 0.1) is 17.1 Å². The molecule has 0 amide bonds. The molecule has 1 N–H and O–H groups in total. The molecule has 24 heavy (non-hydrogen) atoms. The van der Waals surface area contributed by atoms with E-state index in [1.165, 1.54) is 5.56 Å². The second kappa shape index (κ2) is 6.02. The van der Waals surface area contributed by atoms with E-state index in [0.29, 0.717) is 11.6 Å². The Hall–Kier alpha value is -2.78. The molecular formula is C20H15ClN2O. The predicted octanol–water partition coefficient (Wildman–Crippen LogP) is 5.11. The molecule has 0 aliphatic carbocycles. The summed E-state index contributed by atoms with van der Waals surface area (Å²) in [6.45, 7) is 0.652. The molecule has 1 heterocycles. The van der Waals surface area contributed by atoms with Gasteiger partial charge in [-0.05, 0) is 35.9 Å². The molecule has 0 spiro atoms. The molecule has 118 valence electrons. The first kappa shape index (κ1) is 14.8. The Labute approximate surface area is 144 Å². The van der Waals surface area contributed by atoms with Crippen molar-refractivity contribution in [2.24, 2.45) is 0 Å². The summed E-state index contributed by atoms with van der Waals surface area (Å²) >= 11 is 6.45. The second-order valence-corrected chi connectivity index (χ2v) is 6.08. The molecule has 0 atom stereocenters. The zero-order valence-electron chi connectivity index (χ0n) is 12.9. The molecule has 0 saturated heterocycles. The first-order valence-corrected chi connectivity index (χ1v) is 8.08. The largest absolute Gasteiger partial charge is 0.508 e. The van der Waals surface area contributed by atoms with Gasteiger partial charge in [0.25, 0.3) is 0 Å². The number of hydrogen-bond acceptors (Lipinski definition) is 2. The number of phenols is 1. The first-order chi connectivity index (χ1) is 11.7. The highest BCUT2D eigenvalue weighted by molar-refractivity contribution is 6.35. The maximum atomic E-state index is 9.51. The first-order valence-electron chi connectivity index (χ1n) is 7.71. The van der Waals surface area contributed by atoms with Crippen LogP contribution in [0.3, 0.4) is 0 Å². The number of para-hydroxylation sites is 1. The van der Waals surface area contributed by atoms with E-state index in [0.717, 1.165) is 22.2 Å². The van der Waals surface area contributed by atoms with Crippen molar-refractivity contribution in [3.63, 3.8) is 0 Å². The molecule has 4 rings (SSSR count). The fraction of sp³-hybridized carbons (Fsp3) is 0.0500.